The van der Waals surface area contributed by atoms with E-state index in [-0.39, 0.29) is 28.6 Å². The highest BCUT2D eigenvalue weighted by Gasteiger charge is 2.30. The number of hydrogen-bond acceptors (Lipinski definition) is 8. The molecule has 3 aromatic rings. The smallest absolute Gasteiger partial charge is 0.270 e. The molecule has 2 aromatic carbocycles. The normalized spacial score (nSPS) is 17.8. The number of aromatic amines is 1. The van der Waals surface area contributed by atoms with Crippen molar-refractivity contribution in [3.05, 3.63) is 63.5 Å². The number of nitro benzene ring substituents is 1. The Labute approximate surface area is 194 Å². The average molecular weight is 466 g/mol. The van der Waals surface area contributed by atoms with Crippen molar-refractivity contribution in [1.82, 2.24) is 14.8 Å². The molecule has 0 saturated carbocycles. The molecule has 0 amide bonds. The summed E-state index contributed by atoms with van der Waals surface area (Å²) in [4.78, 5) is 28.3. The molecule has 11 heteroatoms. The van der Waals surface area contributed by atoms with Crippen molar-refractivity contribution in [3.8, 4) is 5.88 Å². The van der Waals surface area contributed by atoms with Crippen LogP contribution in [0.5, 0.6) is 5.88 Å². The van der Waals surface area contributed by atoms with Crippen molar-refractivity contribution in [2.24, 2.45) is 10.1 Å². The van der Waals surface area contributed by atoms with Gasteiger partial charge in [-0.25, -0.2) is 9.38 Å². The number of non-ortho nitro benzene ring substituents is 1. The van der Waals surface area contributed by atoms with Crippen molar-refractivity contribution >= 4 is 33.7 Å². The second kappa shape index (κ2) is 8.84. The number of aromatic nitrogens is 1. The third-order valence-corrected chi connectivity index (χ3v) is 6.13. The number of hydrogen-bond donors (Lipinski definition) is 2. The van der Waals surface area contributed by atoms with Crippen LogP contribution in [0.2, 0.25) is 0 Å². The highest BCUT2D eigenvalue weighted by molar-refractivity contribution is 6.58. The van der Waals surface area contributed by atoms with Gasteiger partial charge in [0.25, 0.3) is 5.69 Å². The molecule has 0 radical (unpaired) electrons. The fraction of sp³-hybridized carbons (Fsp3) is 0.304. The van der Waals surface area contributed by atoms with E-state index >= 15 is 0 Å². The van der Waals surface area contributed by atoms with Gasteiger partial charge in [-0.15, -0.1) is 0 Å². The van der Waals surface area contributed by atoms with Crippen LogP contribution in [0.1, 0.15) is 11.1 Å². The van der Waals surface area contributed by atoms with E-state index in [1.165, 1.54) is 36.4 Å². The van der Waals surface area contributed by atoms with Gasteiger partial charge in [0.1, 0.15) is 23.8 Å². The summed E-state index contributed by atoms with van der Waals surface area (Å²) in [5, 5.41) is 26.6. The lowest BCUT2D eigenvalue weighted by Crippen LogP contribution is -2.45. The highest BCUT2D eigenvalue weighted by atomic mass is 19.1. The zero-order valence-electron chi connectivity index (χ0n) is 18.5. The number of rotatable bonds is 6. The number of nitrogens with one attached hydrogen (secondary N) is 1. The molecule has 34 heavy (non-hydrogen) atoms. The minimum Gasteiger partial charge on any atom is -0.494 e. The van der Waals surface area contributed by atoms with Crippen LogP contribution in [0, 0.1) is 15.9 Å². The Hall–Kier alpha value is -3.83. The Balaban J connectivity index is 1.47. The van der Waals surface area contributed by atoms with Crippen molar-refractivity contribution in [1.29, 1.82) is 0 Å². The predicted octanol–water partition coefficient (Wildman–Crippen LogP) is 3.02. The highest BCUT2D eigenvalue weighted by Crippen LogP contribution is 2.37. The van der Waals surface area contributed by atoms with Crippen LogP contribution in [-0.4, -0.2) is 82.6 Å². The number of H-pyrrole nitrogens is 1. The quantitative estimate of drug-likeness (QED) is 0.327. The lowest BCUT2D eigenvalue weighted by molar-refractivity contribution is -0.384. The Morgan fingerprint density at radius 3 is 2.79 bits per heavy atom. The van der Waals surface area contributed by atoms with Gasteiger partial charge in [-0.05, 0) is 31.3 Å². The molecule has 2 N–H and O–H groups in total. The molecule has 176 valence electrons. The van der Waals surface area contributed by atoms with Gasteiger partial charge in [-0.1, -0.05) is 5.16 Å². The van der Waals surface area contributed by atoms with Gasteiger partial charge < -0.3 is 19.8 Å². The van der Waals surface area contributed by atoms with Gasteiger partial charge in [0.05, 0.1) is 16.2 Å². The van der Waals surface area contributed by atoms with Crippen molar-refractivity contribution in [2.45, 2.75) is 0 Å². The van der Waals surface area contributed by atoms with Crippen molar-refractivity contribution < 1.29 is 19.3 Å². The topological polar surface area (TPSA) is 120 Å². The maximum Gasteiger partial charge on any atom is 0.270 e. The SMILES string of the molecule is CN1CCN(CCO/N=C2/C(c3c(O)[nH]c4ccc([N+](=O)[O-])cc34)=Nc3ccc(F)cc32)CC1. The second-order valence-electron chi connectivity index (χ2n) is 8.38. The number of piperazine rings is 1. The molecular weight excluding hydrogens is 443 g/mol. The van der Waals surface area contributed by atoms with Crippen LogP contribution in [0.15, 0.2) is 46.5 Å². The minimum absolute atomic E-state index is 0.128. The van der Waals surface area contributed by atoms with Crippen LogP contribution in [-0.2, 0) is 4.84 Å². The van der Waals surface area contributed by atoms with E-state index in [0.29, 0.717) is 35.3 Å². The molecule has 5 rings (SSSR count). The summed E-state index contributed by atoms with van der Waals surface area (Å²) >= 11 is 0. The third kappa shape index (κ3) is 4.11. The summed E-state index contributed by atoms with van der Waals surface area (Å²) < 4.78 is 14.1. The predicted molar refractivity (Wildman–Crippen MR) is 126 cm³/mol. The fourth-order valence-electron chi connectivity index (χ4n) is 4.23. The molecule has 1 saturated heterocycles. The first-order valence-electron chi connectivity index (χ1n) is 10.9. The Bertz CT molecular complexity index is 1330. The van der Waals surface area contributed by atoms with Crippen LogP contribution in [0.25, 0.3) is 10.9 Å². The van der Waals surface area contributed by atoms with E-state index in [9.17, 15) is 19.6 Å². The lowest BCUT2D eigenvalue weighted by Gasteiger charge is -2.31. The molecule has 0 spiro atoms. The first kappa shape index (κ1) is 22.0. The molecule has 3 heterocycles. The molecule has 1 fully saturated rings. The van der Waals surface area contributed by atoms with Gasteiger partial charge in [-0.2, -0.15) is 0 Å². The van der Waals surface area contributed by atoms with E-state index in [4.69, 9.17) is 4.84 Å². The van der Waals surface area contributed by atoms with Crippen molar-refractivity contribution in [2.75, 3.05) is 46.4 Å². The number of oxime groups is 1. The fourth-order valence-corrected chi connectivity index (χ4v) is 4.23. The zero-order valence-corrected chi connectivity index (χ0v) is 18.5. The summed E-state index contributed by atoms with van der Waals surface area (Å²) in [6, 6.07) is 8.34. The van der Waals surface area contributed by atoms with Crippen LogP contribution in [0.4, 0.5) is 15.8 Å². The largest absolute Gasteiger partial charge is 0.494 e. The van der Waals surface area contributed by atoms with Gasteiger partial charge >= 0.3 is 0 Å². The third-order valence-electron chi connectivity index (χ3n) is 6.13. The van der Waals surface area contributed by atoms with Crippen molar-refractivity contribution in [3.63, 3.8) is 0 Å². The van der Waals surface area contributed by atoms with Gasteiger partial charge in [0.2, 0.25) is 0 Å². The Morgan fingerprint density at radius 1 is 1.24 bits per heavy atom. The molecule has 0 unspecified atom stereocenters. The molecule has 2 aliphatic heterocycles. The monoisotopic (exact) mass is 466 g/mol. The van der Waals surface area contributed by atoms with E-state index in [2.05, 4.69) is 32.0 Å². The molecule has 0 bridgehead atoms. The summed E-state index contributed by atoms with van der Waals surface area (Å²) in [5.74, 6) is -0.674. The molecular formula is C23H23FN6O4. The van der Waals surface area contributed by atoms with Gasteiger partial charge in [0.15, 0.2) is 5.88 Å². The minimum atomic E-state index is -0.510. The van der Waals surface area contributed by atoms with E-state index in [1.807, 2.05) is 0 Å². The molecule has 2 aliphatic rings. The van der Waals surface area contributed by atoms with Crippen LogP contribution >= 0.6 is 0 Å². The summed E-state index contributed by atoms with van der Waals surface area (Å²) in [7, 11) is 2.09. The molecule has 0 atom stereocenters. The van der Waals surface area contributed by atoms with Crippen LogP contribution < -0.4 is 0 Å². The number of aliphatic imine (C=N–C) groups is 1. The summed E-state index contributed by atoms with van der Waals surface area (Å²) in [6.45, 7) is 4.89. The maximum atomic E-state index is 14.1. The maximum absolute atomic E-state index is 14.1. The van der Waals surface area contributed by atoms with E-state index in [1.54, 1.807) is 0 Å². The Kier molecular flexibility index (Phi) is 5.72. The van der Waals surface area contributed by atoms with Crippen LogP contribution in [0.3, 0.4) is 0 Å². The number of benzene rings is 2. The zero-order chi connectivity index (χ0) is 23.8. The van der Waals surface area contributed by atoms with E-state index < -0.39 is 10.7 Å². The summed E-state index contributed by atoms with van der Waals surface area (Å²) in [6.07, 6.45) is 0. The van der Waals surface area contributed by atoms with Gasteiger partial charge in [-0.3, -0.25) is 15.0 Å². The number of nitro groups is 1. The first-order valence-corrected chi connectivity index (χ1v) is 10.9. The number of likely N-dealkylation sites (N-methyl/N-ethyl adjacent to an activating group) is 1. The first-order chi connectivity index (χ1) is 16.4. The number of fused-ring (bicyclic) bond motifs is 2. The number of aromatic hydroxyl groups is 1. The lowest BCUT2D eigenvalue weighted by atomic mass is 10.0. The number of nitrogens with zero attached hydrogens (tertiary/aromatic N) is 5. The van der Waals surface area contributed by atoms with E-state index in [0.717, 1.165) is 26.2 Å². The standard InChI is InChI=1S/C23H23FN6O4/c1-28-6-8-29(9-7-28)10-11-34-27-21-17-12-14(24)2-4-19(17)25-22(21)20-16-13-15(30(32)33)3-5-18(16)26-23(20)31/h2-5,12-13,26,31H,6-11H2,1H3/b27-21+. The average Bonchev–Trinajstić information content (AvgIpc) is 3.33. The Morgan fingerprint density at radius 2 is 2.03 bits per heavy atom. The molecule has 0 aliphatic carbocycles. The molecule has 10 nitrogen and oxygen atoms in total. The number of halogens is 1. The van der Waals surface area contributed by atoms with Gasteiger partial charge in [0, 0.05) is 61.3 Å². The second-order valence-corrected chi connectivity index (χ2v) is 8.38. The summed E-state index contributed by atoms with van der Waals surface area (Å²) in [5.41, 5.74) is 2.03. The molecule has 1 aromatic heterocycles.